The van der Waals surface area contributed by atoms with Crippen LogP contribution in [-0.2, 0) is 10.9 Å². The van der Waals surface area contributed by atoms with Gasteiger partial charge in [-0.25, -0.2) is 4.79 Å². The molecular formula is C34H38F3N5O7. The van der Waals surface area contributed by atoms with E-state index in [1.807, 2.05) is 32.9 Å². The Labute approximate surface area is 281 Å². The average molecular weight is 686 g/mol. The van der Waals surface area contributed by atoms with Crippen molar-refractivity contribution < 1.29 is 41.9 Å². The van der Waals surface area contributed by atoms with Crippen molar-refractivity contribution in [1.82, 2.24) is 20.0 Å². The number of aromatic nitrogens is 2. The maximum Gasteiger partial charge on any atom is 0.435 e. The van der Waals surface area contributed by atoms with Crippen molar-refractivity contribution in [3.63, 3.8) is 0 Å². The van der Waals surface area contributed by atoms with E-state index >= 15 is 0 Å². The molecule has 3 heterocycles. The molecule has 0 radical (unpaired) electrons. The van der Waals surface area contributed by atoms with Crippen molar-refractivity contribution in [3.05, 3.63) is 81.5 Å². The number of carbonyl (C=O) groups excluding carboxylic acids is 2. The average Bonchev–Trinajstić information content (AvgIpc) is 3.03. The number of likely N-dealkylation sites (tertiary alicyclic amines) is 2. The van der Waals surface area contributed by atoms with Crippen molar-refractivity contribution in [1.29, 1.82) is 0 Å². The van der Waals surface area contributed by atoms with E-state index in [0.29, 0.717) is 57.1 Å². The molecule has 3 aromatic rings. The van der Waals surface area contributed by atoms with Crippen LogP contribution in [0.15, 0.2) is 54.6 Å². The van der Waals surface area contributed by atoms with Crippen LogP contribution in [-0.4, -0.2) is 75.3 Å². The summed E-state index contributed by atoms with van der Waals surface area (Å²) in [7, 11) is 0. The lowest BCUT2D eigenvalue weighted by Crippen LogP contribution is -2.51. The SMILES string of the molecule is CC(C)(C)OC(=O)N1CC(CCCOc2ccc(C(=O)N3CCC(c4ccc(Oc5ccc(C(F)(F)F)nn5)cc4)CC3)cc2[N+](=O)[O-])C1. The number of ether oxygens (including phenoxy) is 3. The summed E-state index contributed by atoms with van der Waals surface area (Å²) >= 11 is 0. The zero-order valence-corrected chi connectivity index (χ0v) is 27.4. The molecule has 5 rings (SSSR count). The van der Waals surface area contributed by atoms with Gasteiger partial charge in [0.2, 0.25) is 5.88 Å². The summed E-state index contributed by atoms with van der Waals surface area (Å²) in [4.78, 5) is 40.0. The third-order valence-electron chi connectivity index (χ3n) is 8.31. The Morgan fingerprint density at radius 2 is 1.65 bits per heavy atom. The van der Waals surface area contributed by atoms with Crippen LogP contribution < -0.4 is 9.47 Å². The van der Waals surface area contributed by atoms with E-state index in [-0.39, 0.29) is 47.4 Å². The standard InChI is InChI=1S/C34H38F3N5O7/c1-33(2,3)49-32(44)41-20-22(21-41)5-4-18-47-28-11-8-25(19-27(28)42(45)46)31(43)40-16-14-24(15-17-40)23-6-9-26(10-7-23)48-30-13-12-29(38-39-30)34(35,36)37/h6-13,19,22,24H,4-5,14-18,20-21H2,1-3H3. The van der Waals surface area contributed by atoms with Crippen LogP contribution in [0.5, 0.6) is 17.4 Å². The van der Waals surface area contributed by atoms with E-state index < -0.39 is 22.4 Å². The lowest BCUT2D eigenvalue weighted by molar-refractivity contribution is -0.385. The number of amides is 2. The Morgan fingerprint density at radius 3 is 2.24 bits per heavy atom. The van der Waals surface area contributed by atoms with Gasteiger partial charge in [0.05, 0.1) is 11.5 Å². The highest BCUT2D eigenvalue weighted by Crippen LogP contribution is 2.33. The summed E-state index contributed by atoms with van der Waals surface area (Å²) in [6, 6.07) is 13.3. The second-order valence-corrected chi connectivity index (χ2v) is 13.2. The van der Waals surface area contributed by atoms with Crippen molar-refractivity contribution in [3.8, 4) is 17.4 Å². The number of halogens is 3. The number of carbonyl (C=O) groups is 2. The Balaban J connectivity index is 1.07. The minimum atomic E-state index is -4.58. The summed E-state index contributed by atoms with van der Waals surface area (Å²) in [5.41, 5.74) is -0.691. The van der Waals surface area contributed by atoms with E-state index in [1.54, 1.807) is 28.0 Å². The molecule has 49 heavy (non-hydrogen) atoms. The smallest absolute Gasteiger partial charge is 0.435 e. The first kappa shape index (κ1) is 35.4. The monoisotopic (exact) mass is 685 g/mol. The van der Waals surface area contributed by atoms with Gasteiger partial charge in [0.15, 0.2) is 11.4 Å². The maximum atomic E-state index is 13.3. The molecule has 0 bridgehead atoms. The van der Waals surface area contributed by atoms with Gasteiger partial charge in [0.1, 0.15) is 11.4 Å². The van der Waals surface area contributed by atoms with Gasteiger partial charge in [-0.3, -0.25) is 14.9 Å². The van der Waals surface area contributed by atoms with E-state index in [1.165, 1.54) is 12.1 Å². The van der Waals surface area contributed by atoms with Gasteiger partial charge in [-0.15, -0.1) is 10.2 Å². The largest absolute Gasteiger partial charge is 0.487 e. The second kappa shape index (κ2) is 14.7. The molecule has 262 valence electrons. The number of nitro groups is 1. The summed E-state index contributed by atoms with van der Waals surface area (Å²) < 4.78 is 54.7. The first-order valence-corrected chi connectivity index (χ1v) is 16.0. The van der Waals surface area contributed by atoms with E-state index in [4.69, 9.17) is 14.2 Å². The Hall–Kier alpha value is -4.95. The number of benzene rings is 2. The van der Waals surface area contributed by atoms with Crippen molar-refractivity contribution in [2.24, 2.45) is 5.92 Å². The number of alkyl halides is 3. The highest BCUT2D eigenvalue weighted by Gasteiger charge is 2.34. The maximum absolute atomic E-state index is 13.3. The van der Waals surface area contributed by atoms with Crippen LogP contribution in [0.1, 0.15) is 74.0 Å². The van der Waals surface area contributed by atoms with Crippen LogP contribution in [0, 0.1) is 16.0 Å². The molecule has 0 atom stereocenters. The van der Waals surface area contributed by atoms with Crippen LogP contribution in [0.2, 0.25) is 0 Å². The number of nitro benzene ring substituents is 1. The fourth-order valence-electron chi connectivity index (χ4n) is 5.75. The van der Waals surface area contributed by atoms with Gasteiger partial charge in [-0.2, -0.15) is 13.2 Å². The number of rotatable bonds is 10. The highest BCUT2D eigenvalue weighted by molar-refractivity contribution is 5.95. The highest BCUT2D eigenvalue weighted by atomic mass is 19.4. The Bertz CT molecular complexity index is 1630. The first-order valence-electron chi connectivity index (χ1n) is 16.0. The Morgan fingerprint density at radius 1 is 0.959 bits per heavy atom. The number of nitrogens with zero attached hydrogens (tertiary/aromatic N) is 5. The van der Waals surface area contributed by atoms with Crippen molar-refractivity contribution in [2.45, 2.75) is 64.1 Å². The number of hydrogen-bond donors (Lipinski definition) is 0. The Kier molecular flexibility index (Phi) is 10.6. The zero-order chi connectivity index (χ0) is 35.3. The van der Waals surface area contributed by atoms with Gasteiger partial charge >= 0.3 is 18.0 Å². The van der Waals surface area contributed by atoms with Gasteiger partial charge in [0.25, 0.3) is 5.91 Å². The lowest BCUT2D eigenvalue weighted by Gasteiger charge is -2.39. The molecule has 12 nitrogen and oxygen atoms in total. The van der Waals surface area contributed by atoms with Crippen LogP contribution in [0.4, 0.5) is 23.7 Å². The molecule has 2 amide bonds. The zero-order valence-electron chi connectivity index (χ0n) is 27.4. The minimum Gasteiger partial charge on any atom is -0.487 e. The number of hydrogen-bond acceptors (Lipinski definition) is 9. The van der Waals surface area contributed by atoms with Gasteiger partial charge in [0, 0.05) is 43.9 Å². The molecule has 2 aliphatic heterocycles. The van der Waals surface area contributed by atoms with Crippen LogP contribution in [0.25, 0.3) is 0 Å². The molecule has 15 heteroatoms. The minimum absolute atomic E-state index is 0.0640. The molecule has 2 aliphatic rings. The molecule has 1 aromatic heterocycles. The van der Waals surface area contributed by atoms with Crippen molar-refractivity contribution >= 4 is 17.7 Å². The van der Waals surface area contributed by atoms with Gasteiger partial charge in [-0.05, 0) is 94.2 Å². The van der Waals surface area contributed by atoms with Gasteiger partial charge < -0.3 is 24.0 Å². The molecular weight excluding hydrogens is 647 g/mol. The van der Waals surface area contributed by atoms with Crippen LogP contribution in [0.3, 0.4) is 0 Å². The molecule has 2 saturated heterocycles. The molecule has 2 aromatic carbocycles. The molecule has 2 fully saturated rings. The quantitative estimate of drug-likeness (QED) is 0.123. The van der Waals surface area contributed by atoms with E-state index in [2.05, 4.69) is 10.2 Å². The fraction of sp³-hybridized carbons (Fsp3) is 0.471. The predicted octanol–water partition coefficient (Wildman–Crippen LogP) is 7.24. The predicted molar refractivity (Wildman–Crippen MR) is 171 cm³/mol. The lowest BCUT2D eigenvalue weighted by atomic mass is 9.89. The summed E-state index contributed by atoms with van der Waals surface area (Å²) in [6.45, 7) is 7.86. The first-order chi connectivity index (χ1) is 23.2. The van der Waals surface area contributed by atoms with Gasteiger partial charge in [-0.1, -0.05) is 12.1 Å². The third kappa shape index (κ3) is 9.36. The van der Waals surface area contributed by atoms with E-state index in [9.17, 15) is 32.9 Å². The molecule has 0 N–H and O–H groups in total. The molecule has 0 unspecified atom stereocenters. The fourth-order valence-corrected chi connectivity index (χ4v) is 5.75. The summed E-state index contributed by atoms with van der Waals surface area (Å²) in [6.07, 6.45) is -2.10. The number of piperidine rings is 1. The molecule has 0 aliphatic carbocycles. The third-order valence-corrected chi connectivity index (χ3v) is 8.31. The van der Waals surface area contributed by atoms with Crippen molar-refractivity contribution in [2.75, 3.05) is 32.8 Å². The normalized spacial score (nSPS) is 15.8. The summed E-state index contributed by atoms with van der Waals surface area (Å²) in [5, 5.41) is 18.5. The molecule has 0 spiro atoms. The topological polar surface area (TPSA) is 137 Å². The summed E-state index contributed by atoms with van der Waals surface area (Å²) in [5.74, 6) is 0.612. The van der Waals surface area contributed by atoms with E-state index in [0.717, 1.165) is 24.1 Å². The van der Waals surface area contributed by atoms with Crippen LogP contribution >= 0.6 is 0 Å². The second-order valence-electron chi connectivity index (χ2n) is 13.2. The molecule has 0 saturated carbocycles.